The zero-order valence-corrected chi connectivity index (χ0v) is 32.7. The summed E-state index contributed by atoms with van der Waals surface area (Å²) in [6.07, 6.45) is 5.99. The van der Waals surface area contributed by atoms with Crippen LogP contribution in [0.15, 0.2) is 67.3 Å². The number of benzene rings is 2. The summed E-state index contributed by atoms with van der Waals surface area (Å²) in [6.45, 7) is 2.59. The summed E-state index contributed by atoms with van der Waals surface area (Å²) in [4.78, 5) is 78.9. The van der Waals surface area contributed by atoms with Gasteiger partial charge in [0.2, 0.25) is 11.8 Å². The quantitative estimate of drug-likeness (QED) is 0.147. The minimum Gasteiger partial charge on any atom is -0.453 e. The van der Waals surface area contributed by atoms with Crippen LogP contribution in [0.3, 0.4) is 0 Å². The highest BCUT2D eigenvalue weighted by molar-refractivity contribution is 6.02. The topological polar surface area (TPSA) is 200 Å². The molecule has 4 N–H and O–H groups in total. The second kappa shape index (κ2) is 15.6. The summed E-state index contributed by atoms with van der Waals surface area (Å²) >= 11 is 0. The molecule has 18 heteroatoms. The average molecular weight is 809 g/mol. The molecule has 59 heavy (non-hydrogen) atoms. The third-order valence-electron chi connectivity index (χ3n) is 11.1. The maximum absolute atomic E-state index is 14.8. The van der Waals surface area contributed by atoms with E-state index in [1.54, 1.807) is 37.3 Å². The number of halogens is 2. The van der Waals surface area contributed by atoms with Crippen LogP contribution in [0.4, 0.5) is 24.1 Å². The number of methoxy groups -OCH3 is 2. The SMILES string of the molecule is COC(=O)N[C@H]1CCc2cccc3c2N(C1=O)[C@H](c1nc(-c2ccc(-c4ncc(-c5cnc(C6CC(F)(F)CN6C(=O)[C@@H](NC(=O)OC)C(C)C)[nH]5)cn4)cc2)c[nH]1)C3. The lowest BCUT2D eigenvalue weighted by Gasteiger charge is -2.29. The summed E-state index contributed by atoms with van der Waals surface area (Å²) in [6, 6.07) is 10.3. The lowest BCUT2D eigenvalue weighted by atomic mass is 10.0. The molecule has 3 aliphatic heterocycles. The molecule has 16 nitrogen and oxygen atoms in total. The van der Waals surface area contributed by atoms with Crippen molar-refractivity contribution in [1.29, 1.82) is 0 Å². The predicted molar refractivity (Wildman–Crippen MR) is 209 cm³/mol. The molecule has 306 valence electrons. The van der Waals surface area contributed by atoms with Gasteiger partial charge in [-0.3, -0.25) is 14.5 Å². The summed E-state index contributed by atoms with van der Waals surface area (Å²) in [5, 5.41) is 5.16. The molecular formula is C41H42F2N10O6. The number of nitrogens with zero attached hydrogens (tertiary/aromatic N) is 6. The number of amides is 4. The minimum absolute atomic E-state index is 0.173. The lowest BCUT2D eigenvalue weighted by Crippen LogP contribution is -2.51. The van der Waals surface area contributed by atoms with Gasteiger partial charge in [-0.25, -0.2) is 38.3 Å². The minimum atomic E-state index is -3.16. The number of aromatic amines is 2. The van der Waals surface area contributed by atoms with Crippen LogP contribution < -0.4 is 15.5 Å². The van der Waals surface area contributed by atoms with E-state index in [1.165, 1.54) is 13.3 Å². The average Bonchev–Trinajstić information content (AvgIpc) is 4.04. The van der Waals surface area contributed by atoms with Gasteiger partial charge in [0, 0.05) is 48.1 Å². The molecule has 0 aliphatic carbocycles. The maximum Gasteiger partial charge on any atom is 0.407 e. The Labute approximate surface area is 337 Å². The van der Waals surface area contributed by atoms with Crippen LogP contribution in [0.25, 0.3) is 33.9 Å². The monoisotopic (exact) mass is 808 g/mol. The van der Waals surface area contributed by atoms with Gasteiger partial charge in [0.25, 0.3) is 5.92 Å². The number of H-pyrrole nitrogens is 2. The Bertz CT molecular complexity index is 2400. The smallest absolute Gasteiger partial charge is 0.407 e. The highest BCUT2D eigenvalue weighted by Gasteiger charge is 2.50. The second-order valence-electron chi connectivity index (χ2n) is 15.2. The van der Waals surface area contributed by atoms with Crippen molar-refractivity contribution >= 4 is 29.7 Å². The van der Waals surface area contributed by atoms with Crippen LogP contribution in [0, 0.1) is 5.92 Å². The van der Waals surface area contributed by atoms with E-state index in [4.69, 9.17) is 9.72 Å². The maximum atomic E-state index is 14.8. The van der Waals surface area contributed by atoms with Crippen LogP contribution in [-0.4, -0.2) is 97.6 Å². The summed E-state index contributed by atoms with van der Waals surface area (Å²) < 4.78 is 39.0. The van der Waals surface area contributed by atoms with E-state index < -0.39 is 61.1 Å². The number of aryl methyl sites for hydroxylation is 1. The molecule has 0 radical (unpaired) electrons. The fraction of sp³-hybridized carbons (Fsp3) is 0.366. The van der Waals surface area contributed by atoms with Crippen LogP contribution >= 0.6 is 0 Å². The van der Waals surface area contributed by atoms with Crippen LogP contribution in [0.2, 0.25) is 0 Å². The lowest BCUT2D eigenvalue weighted by molar-refractivity contribution is -0.136. The number of para-hydroxylation sites is 1. The Morgan fingerprint density at radius 3 is 2.32 bits per heavy atom. The number of anilines is 1. The van der Waals surface area contributed by atoms with Crippen molar-refractivity contribution in [3.63, 3.8) is 0 Å². The van der Waals surface area contributed by atoms with E-state index in [1.807, 2.05) is 42.5 Å². The normalized spacial score (nSPS) is 19.9. The first-order chi connectivity index (χ1) is 28.3. The molecule has 4 atom stereocenters. The number of alkyl halides is 2. The molecule has 8 rings (SSSR count). The number of rotatable bonds is 9. The third-order valence-corrected chi connectivity index (χ3v) is 11.1. The summed E-state index contributed by atoms with van der Waals surface area (Å²) in [5.74, 6) is -3.18. The number of hydrogen-bond donors (Lipinski definition) is 4. The standard InChI is InChI=1S/C41H42F2N10O6/c1-21(2)32(51-40(57)59-4)38(55)52-20-41(42,43)15-31(52)36-47-19-29(49-36)26-16-44-34(45-17-26)24-10-8-22(9-11-24)28-18-46-35(48-28)30-14-25-7-5-6-23-12-13-27(50-39(56)58-3)37(54)53(30)33(23)25/h5-11,16-19,21,27,30-32H,12-15,20H2,1-4H3,(H,46,48)(H,47,49)(H,50,56)(H,51,57)/t27-,30-,31?,32-/m0/s1. The molecule has 0 spiro atoms. The van der Waals surface area contributed by atoms with Crippen LogP contribution in [0.5, 0.6) is 0 Å². The Hall–Kier alpha value is -6.72. The number of ether oxygens (including phenoxy) is 2. The number of alkyl carbamates (subject to hydrolysis) is 2. The second-order valence-corrected chi connectivity index (χ2v) is 15.2. The molecular weight excluding hydrogens is 767 g/mol. The molecule has 4 amide bonds. The van der Waals surface area contributed by atoms with Crippen molar-refractivity contribution in [3.8, 4) is 33.9 Å². The molecule has 5 aromatic rings. The number of aromatic nitrogens is 6. The largest absolute Gasteiger partial charge is 0.453 e. The van der Waals surface area contributed by atoms with Gasteiger partial charge in [-0.2, -0.15) is 0 Å². The van der Waals surface area contributed by atoms with E-state index in [0.717, 1.165) is 40.0 Å². The third kappa shape index (κ3) is 7.57. The number of hydrogen-bond acceptors (Lipinski definition) is 10. The van der Waals surface area contributed by atoms with E-state index in [-0.39, 0.29) is 17.6 Å². The van der Waals surface area contributed by atoms with Crippen molar-refractivity contribution < 1.29 is 37.4 Å². The fourth-order valence-corrected chi connectivity index (χ4v) is 8.07. The first-order valence-corrected chi connectivity index (χ1v) is 19.2. The summed E-state index contributed by atoms with van der Waals surface area (Å²) in [5.41, 5.74) is 6.24. The number of likely N-dealkylation sites (tertiary alicyclic amines) is 1. The van der Waals surface area contributed by atoms with Crippen molar-refractivity contribution in [2.45, 2.75) is 69.6 Å². The van der Waals surface area contributed by atoms with Gasteiger partial charge in [-0.05, 0) is 29.9 Å². The number of imidazole rings is 2. The molecule has 3 aromatic heterocycles. The zero-order valence-electron chi connectivity index (χ0n) is 32.7. The van der Waals surface area contributed by atoms with E-state index in [2.05, 4.69) is 40.3 Å². The van der Waals surface area contributed by atoms with E-state index in [9.17, 15) is 28.0 Å². The predicted octanol–water partition coefficient (Wildman–Crippen LogP) is 5.51. The van der Waals surface area contributed by atoms with E-state index in [0.29, 0.717) is 47.9 Å². The highest BCUT2D eigenvalue weighted by atomic mass is 19.3. The van der Waals surface area contributed by atoms with Crippen molar-refractivity contribution in [2.75, 3.05) is 25.7 Å². The number of carbonyl (C=O) groups excluding carboxylic acids is 4. The van der Waals surface area contributed by atoms with E-state index >= 15 is 0 Å². The molecule has 6 heterocycles. The van der Waals surface area contributed by atoms with Crippen LogP contribution in [-0.2, 0) is 31.9 Å². The Balaban J connectivity index is 0.964. The van der Waals surface area contributed by atoms with Gasteiger partial charge >= 0.3 is 12.2 Å². The fourth-order valence-electron chi connectivity index (χ4n) is 8.07. The number of carbonyl (C=O) groups is 4. The van der Waals surface area contributed by atoms with Gasteiger partial charge in [0.05, 0.1) is 56.1 Å². The molecule has 1 fully saturated rings. The first-order valence-electron chi connectivity index (χ1n) is 19.2. The Kier molecular flexibility index (Phi) is 10.3. The molecule has 0 saturated carbocycles. The first kappa shape index (κ1) is 39.1. The Morgan fingerprint density at radius 1 is 0.898 bits per heavy atom. The van der Waals surface area contributed by atoms with Gasteiger partial charge in [0.15, 0.2) is 5.82 Å². The molecule has 3 aliphatic rings. The molecule has 0 bridgehead atoms. The van der Waals surface area contributed by atoms with Gasteiger partial charge in [0.1, 0.15) is 23.7 Å². The van der Waals surface area contributed by atoms with Crippen molar-refractivity contribution in [2.24, 2.45) is 5.92 Å². The molecule has 2 aromatic carbocycles. The zero-order chi connectivity index (χ0) is 41.6. The number of nitrogens with one attached hydrogen (secondary N) is 4. The highest BCUT2D eigenvalue weighted by Crippen LogP contribution is 2.45. The molecule has 1 saturated heterocycles. The van der Waals surface area contributed by atoms with Crippen molar-refractivity contribution in [1.82, 2.24) is 45.4 Å². The summed E-state index contributed by atoms with van der Waals surface area (Å²) in [7, 11) is 2.43. The van der Waals surface area contributed by atoms with Crippen molar-refractivity contribution in [3.05, 3.63) is 90.0 Å². The van der Waals surface area contributed by atoms with Gasteiger partial charge in [-0.1, -0.05) is 56.3 Å². The van der Waals surface area contributed by atoms with Crippen LogP contribution in [0.1, 0.15) is 61.5 Å². The van der Waals surface area contributed by atoms with Gasteiger partial charge in [-0.15, -0.1) is 0 Å². The molecule has 1 unspecified atom stereocenters. The van der Waals surface area contributed by atoms with Gasteiger partial charge < -0.3 is 35.0 Å². The Morgan fingerprint density at radius 2 is 1.61 bits per heavy atom.